The van der Waals surface area contributed by atoms with Gasteiger partial charge < -0.3 is 14.2 Å². The standard InChI is InChI=1S/C21H38O4/c1-6-7-15-23-20(22)13-11-9-8-10-12-14-21(24-16-18(2)3)25-17-19(4)5/h18-19,21H,6-11,13,15-17H2,1-5H3. The lowest BCUT2D eigenvalue weighted by molar-refractivity contribution is -0.143. The molecule has 0 amide bonds. The molecule has 4 heteroatoms. The Morgan fingerprint density at radius 1 is 0.920 bits per heavy atom. The summed E-state index contributed by atoms with van der Waals surface area (Å²) in [5.41, 5.74) is 0. The fraction of sp³-hybridized carbons (Fsp3) is 0.857. The third kappa shape index (κ3) is 17.6. The Labute approximate surface area is 155 Å². The Hall–Kier alpha value is -1.05. The maximum atomic E-state index is 11.5. The molecule has 0 aliphatic rings. The highest BCUT2D eigenvalue weighted by Crippen LogP contribution is 2.06. The molecular formula is C21H38O4. The van der Waals surface area contributed by atoms with Crippen LogP contribution in [-0.2, 0) is 19.0 Å². The number of carbonyl (C=O) groups excluding carboxylic acids is 1. The summed E-state index contributed by atoms with van der Waals surface area (Å²) in [4.78, 5) is 11.5. The van der Waals surface area contributed by atoms with Gasteiger partial charge in [0.15, 0.2) is 0 Å². The van der Waals surface area contributed by atoms with Gasteiger partial charge in [-0.1, -0.05) is 53.4 Å². The predicted octanol–water partition coefficient (Wildman–Crippen LogP) is 4.95. The van der Waals surface area contributed by atoms with E-state index in [0.717, 1.165) is 38.5 Å². The molecule has 0 N–H and O–H groups in total. The first-order valence-corrected chi connectivity index (χ1v) is 9.82. The van der Waals surface area contributed by atoms with Crippen molar-refractivity contribution in [3.63, 3.8) is 0 Å². The molecule has 0 bridgehead atoms. The van der Waals surface area contributed by atoms with Crippen LogP contribution in [-0.4, -0.2) is 32.1 Å². The molecule has 0 aromatic carbocycles. The fourth-order valence-corrected chi connectivity index (χ4v) is 1.91. The summed E-state index contributed by atoms with van der Waals surface area (Å²) < 4.78 is 16.5. The number of hydrogen-bond donors (Lipinski definition) is 0. The Morgan fingerprint density at radius 2 is 1.56 bits per heavy atom. The first kappa shape index (κ1) is 23.9. The first-order valence-electron chi connectivity index (χ1n) is 9.82. The van der Waals surface area contributed by atoms with Crippen LogP contribution in [0, 0.1) is 23.7 Å². The van der Waals surface area contributed by atoms with Crippen LogP contribution in [0.2, 0.25) is 0 Å². The van der Waals surface area contributed by atoms with Gasteiger partial charge in [0.25, 0.3) is 0 Å². The molecule has 0 aliphatic carbocycles. The lowest BCUT2D eigenvalue weighted by Gasteiger charge is -2.16. The summed E-state index contributed by atoms with van der Waals surface area (Å²) in [6.45, 7) is 12.4. The third-order valence-corrected chi connectivity index (χ3v) is 3.33. The molecule has 0 radical (unpaired) electrons. The van der Waals surface area contributed by atoms with Crippen molar-refractivity contribution in [2.75, 3.05) is 19.8 Å². The van der Waals surface area contributed by atoms with Crippen LogP contribution in [0.25, 0.3) is 0 Å². The van der Waals surface area contributed by atoms with Crippen molar-refractivity contribution in [1.82, 2.24) is 0 Å². The first-order chi connectivity index (χ1) is 12.0. The van der Waals surface area contributed by atoms with Crippen LogP contribution in [0.1, 0.15) is 79.6 Å². The molecule has 4 nitrogen and oxygen atoms in total. The SMILES string of the molecule is CCCCOC(=O)CCCCCC#CC(OCC(C)C)OCC(C)C. The van der Waals surface area contributed by atoms with Crippen molar-refractivity contribution in [2.24, 2.45) is 11.8 Å². The van der Waals surface area contributed by atoms with E-state index in [1.807, 2.05) is 0 Å². The van der Waals surface area contributed by atoms with Crippen molar-refractivity contribution in [1.29, 1.82) is 0 Å². The minimum Gasteiger partial charge on any atom is -0.466 e. The van der Waals surface area contributed by atoms with E-state index in [1.54, 1.807) is 0 Å². The van der Waals surface area contributed by atoms with Crippen LogP contribution in [0.4, 0.5) is 0 Å². The molecule has 146 valence electrons. The second-order valence-corrected chi connectivity index (χ2v) is 7.24. The van der Waals surface area contributed by atoms with Gasteiger partial charge in [-0.25, -0.2) is 0 Å². The van der Waals surface area contributed by atoms with Crippen molar-refractivity contribution >= 4 is 5.97 Å². The van der Waals surface area contributed by atoms with Crippen LogP contribution in [0.5, 0.6) is 0 Å². The van der Waals surface area contributed by atoms with Crippen LogP contribution < -0.4 is 0 Å². The topological polar surface area (TPSA) is 44.8 Å². The second-order valence-electron chi connectivity index (χ2n) is 7.24. The molecule has 0 spiro atoms. The van der Waals surface area contributed by atoms with E-state index >= 15 is 0 Å². The maximum absolute atomic E-state index is 11.5. The summed E-state index contributed by atoms with van der Waals surface area (Å²) in [6, 6.07) is 0. The average molecular weight is 355 g/mol. The number of esters is 1. The quantitative estimate of drug-likeness (QED) is 0.191. The van der Waals surface area contributed by atoms with E-state index in [9.17, 15) is 4.79 Å². The largest absolute Gasteiger partial charge is 0.466 e. The van der Waals surface area contributed by atoms with Crippen molar-refractivity contribution in [3.8, 4) is 11.8 Å². The fourth-order valence-electron chi connectivity index (χ4n) is 1.91. The highest BCUT2D eigenvalue weighted by molar-refractivity contribution is 5.69. The molecule has 0 fully saturated rings. The number of rotatable bonds is 14. The van der Waals surface area contributed by atoms with Gasteiger partial charge in [-0.05, 0) is 37.0 Å². The van der Waals surface area contributed by atoms with Gasteiger partial charge in [0.2, 0.25) is 6.29 Å². The zero-order valence-electron chi connectivity index (χ0n) is 16.9. The van der Waals surface area contributed by atoms with Gasteiger partial charge in [0.05, 0.1) is 19.8 Å². The van der Waals surface area contributed by atoms with E-state index in [0.29, 0.717) is 38.1 Å². The average Bonchev–Trinajstić information content (AvgIpc) is 2.55. The molecule has 0 unspecified atom stereocenters. The Bertz CT molecular complexity index is 367. The molecule has 0 aromatic rings. The van der Waals surface area contributed by atoms with Gasteiger partial charge >= 0.3 is 5.97 Å². The van der Waals surface area contributed by atoms with Crippen LogP contribution in [0.15, 0.2) is 0 Å². The lowest BCUT2D eigenvalue weighted by atomic mass is 10.1. The van der Waals surface area contributed by atoms with E-state index < -0.39 is 6.29 Å². The summed E-state index contributed by atoms with van der Waals surface area (Å²) in [5.74, 6) is 7.07. The number of unbranched alkanes of at least 4 members (excludes halogenated alkanes) is 4. The number of carbonyl (C=O) groups is 1. The van der Waals surface area contributed by atoms with E-state index in [4.69, 9.17) is 14.2 Å². The zero-order valence-corrected chi connectivity index (χ0v) is 16.9. The van der Waals surface area contributed by atoms with Crippen molar-refractivity contribution in [2.45, 2.75) is 85.9 Å². The minimum atomic E-state index is -0.432. The highest BCUT2D eigenvalue weighted by Gasteiger charge is 2.08. The molecule has 0 heterocycles. The molecule has 0 aromatic heterocycles. The monoisotopic (exact) mass is 354 g/mol. The normalized spacial score (nSPS) is 11.0. The Kier molecular flexibility index (Phi) is 15.7. The summed E-state index contributed by atoms with van der Waals surface area (Å²) >= 11 is 0. The smallest absolute Gasteiger partial charge is 0.305 e. The zero-order chi connectivity index (χ0) is 18.9. The second kappa shape index (κ2) is 16.4. The molecule has 0 atom stereocenters. The van der Waals surface area contributed by atoms with Gasteiger partial charge in [0, 0.05) is 12.8 Å². The van der Waals surface area contributed by atoms with E-state index in [-0.39, 0.29) is 5.97 Å². The highest BCUT2D eigenvalue weighted by atomic mass is 16.7. The van der Waals surface area contributed by atoms with Gasteiger partial charge in [-0.3, -0.25) is 4.79 Å². The van der Waals surface area contributed by atoms with Gasteiger partial charge in [-0.15, -0.1) is 0 Å². The Morgan fingerprint density at radius 3 is 2.12 bits per heavy atom. The van der Waals surface area contributed by atoms with Crippen molar-refractivity contribution in [3.05, 3.63) is 0 Å². The maximum Gasteiger partial charge on any atom is 0.305 e. The van der Waals surface area contributed by atoms with E-state index in [1.165, 1.54) is 0 Å². The molecular weight excluding hydrogens is 316 g/mol. The number of ether oxygens (including phenoxy) is 3. The molecule has 0 aliphatic heterocycles. The summed E-state index contributed by atoms with van der Waals surface area (Å²) in [6.07, 6.45) is 5.71. The summed E-state index contributed by atoms with van der Waals surface area (Å²) in [7, 11) is 0. The molecule has 0 saturated heterocycles. The lowest BCUT2D eigenvalue weighted by Crippen LogP contribution is -2.20. The van der Waals surface area contributed by atoms with Crippen molar-refractivity contribution < 1.29 is 19.0 Å². The molecule has 0 rings (SSSR count). The number of hydrogen-bond acceptors (Lipinski definition) is 4. The van der Waals surface area contributed by atoms with Crippen LogP contribution in [0.3, 0.4) is 0 Å². The van der Waals surface area contributed by atoms with Gasteiger partial charge in [0.1, 0.15) is 0 Å². The third-order valence-electron chi connectivity index (χ3n) is 3.33. The molecule has 0 saturated carbocycles. The van der Waals surface area contributed by atoms with E-state index in [2.05, 4.69) is 46.5 Å². The van der Waals surface area contributed by atoms with Crippen LogP contribution >= 0.6 is 0 Å². The van der Waals surface area contributed by atoms with Gasteiger partial charge in [-0.2, -0.15) is 0 Å². The Balaban J connectivity index is 3.88. The molecule has 25 heavy (non-hydrogen) atoms. The minimum absolute atomic E-state index is 0.0798. The predicted molar refractivity (Wildman–Crippen MR) is 102 cm³/mol. The summed E-state index contributed by atoms with van der Waals surface area (Å²) in [5, 5.41) is 0.